The van der Waals surface area contributed by atoms with Crippen LogP contribution in [0.5, 0.6) is 0 Å². The van der Waals surface area contributed by atoms with Crippen LogP contribution in [0.3, 0.4) is 0 Å². The van der Waals surface area contributed by atoms with Gasteiger partial charge in [0, 0.05) is 22.4 Å². The Labute approximate surface area is 104 Å². The van der Waals surface area contributed by atoms with Gasteiger partial charge < -0.3 is 6.53 Å². The zero-order chi connectivity index (χ0) is 6.69. The molecule has 0 aromatic heterocycles. The number of aromatic carboxylic acids is 1. The van der Waals surface area contributed by atoms with E-state index in [1.165, 1.54) is 0 Å². The molecular weight excluding hydrogens is 247 g/mol. The third-order valence-electron chi connectivity index (χ3n) is 1.02. The molecule has 1 aromatic rings. The van der Waals surface area contributed by atoms with Crippen LogP contribution >= 0.6 is 0 Å². The predicted molar refractivity (Wildman–Crippen MR) is 34.5 cm³/mol. The first-order chi connectivity index (χ1) is 4.30. The maximum absolute atomic E-state index is 10.2. The van der Waals surface area contributed by atoms with E-state index in [0.717, 1.165) is 0 Å². The first-order valence-corrected chi connectivity index (χ1v) is 2.59. The van der Waals surface area contributed by atoms with Gasteiger partial charge in [-0.05, 0) is 12.1 Å². The fraction of sp³-hybridized carbons (Fsp3) is 0. The van der Waals surface area contributed by atoms with E-state index in [2.05, 4.69) is 0 Å². The Morgan fingerprint density at radius 3 is 2.00 bits per heavy atom. The number of hydrogen-bond acceptors (Lipinski definition) is 1. The Bertz CT molecular complexity index is 218. The number of carboxylic acids is 1. The van der Waals surface area contributed by atoms with Gasteiger partial charge in [0.2, 0.25) is 0 Å². The van der Waals surface area contributed by atoms with E-state index in [0.29, 0.717) is 5.56 Å². The largest absolute Gasteiger partial charge is 1.00 e. The summed E-state index contributed by atoms with van der Waals surface area (Å²) in [6, 6.07) is 8.30. The Balaban J connectivity index is -0.000000270. The Morgan fingerprint density at radius 1 is 1.27 bits per heavy atom. The van der Waals surface area contributed by atoms with Gasteiger partial charge in [0.1, 0.15) is 0 Å². The van der Waals surface area contributed by atoms with Crippen molar-refractivity contribution in [3.05, 3.63) is 35.9 Å². The smallest absolute Gasteiger partial charge is 1.00 e. The van der Waals surface area contributed by atoms with Crippen LogP contribution in [0.4, 0.5) is 0 Å². The quantitative estimate of drug-likeness (QED) is 0.619. The summed E-state index contributed by atoms with van der Waals surface area (Å²) < 4.78 is 0. The summed E-state index contributed by atoms with van der Waals surface area (Å²) in [4.78, 5) is 10.2. The number of carboxylic acid groups (broad SMARTS) is 1. The molecule has 1 aromatic carbocycles. The van der Waals surface area contributed by atoms with Gasteiger partial charge in [0.25, 0.3) is 0 Å². The van der Waals surface area contributed by atoms with Crippen LogP contribution in [0.25, 0.3) is 0 Å². The number of rotatable bonds is 1. The average Bonchev–Trinajstić information content (AvgIpc) is 1.90. The second-order valence-electron chi connectivity index (χ2n) is 1.67. The van der Waals surface area contributed by atoms with E-state index in [-0.39, 0.29) is 53.4 Å². The molecule has 0 spiro atoms. The summed E-state index contributed by atoms with van der Waals surface area (Å²) >= 11 is 0. The van der Waals surface area contributed by atoms with Crippen LogP contribution in [0.1, 0.15) is 11.8 Å². The second kappa shape index (κ2) is 7.10. The topological polar surface area (TPSA) is 37.3 Å². The van der Waals surface area contributed by atoms with Gasteiger partial charge in [-0.1, -0.05) is 18.2 Å². The third-order valence-corrected chi connectivity index (χ3v) is 1.02. The molecule has 0 fully saturated rings. The summed E-state index contributed by atoms with van der Waals surface area (Å²) in [5, 5.41) is 8.38. The Morgan fingerprint density at radius 2 is 1.73 bits per heavy atom. The summed E-state index contributed by atoms with van der Waals surface area (Å²) in [5.74, 6) is -0.879. The summed E-state index contributed by atoms with van der Waals surface area (Å²) in [6.45, 7) is 0. The molecule has 0 saturated carbocycles. The van der Waals surface area contributed by atoms with Crippen molar-refractivity contribution in [1.82, 2.24) is 0 Å². The standard InChI is InChI=1S/C7H6O2.Ag.Na.H/c8-7(9)6-4-2-1-3-5-6;;;/h1-5H,(H,8,9);;;/q;;+1;-1. The van der Waals surface area contributed by atoms with E-state index in [9.17, 15) is 4.79 Å². The summed E-state index contributed by atoms with van der Waals surface area (Å²) in [7, 11) is 0. The van der Waals surface area contributed by atoms with Gasteiger partial charge in [0.15, 0.2) is 0 Å². The van der Waals surface area contributed by atoms with Gasteiger partial charge in [-0.2, -0.15) is 0 Å². The van der Waals surface area contributed by atoms with Crippen molar-refractivity contribution in [3.63, 3.8) is 0 Å². The normalized spacial score (nSPS) is 7.27. The zero-order valence-electron chi connectivity index (χ0n) is 7.04. The van der Waals surface area contributed by atoms with E-state index in [1.54, 1.807) is 30.3 Å². The van der Waals surface area contributed by atoms with Crippen molar-refractivity contribution in [2.24, 2.45) is 0 Å². The van der Waals surface area contributed by atoms with Crippen molar-refractivity contribution in [2.75, 3.05) is 0 Å². The molecule has 0 atom stereocenters. The first-order valence-electron chi connectivity index (χ1n) is 2.59. The van der Waals surface area contributed by atoms with Crippen LogP contribution in [-0.4, -0.2) is 11.1 Å². The van der Waals surface area contributed by atoms with E-state index >= 15 is 0 Å². The van der Waals surface area contributed by atoms with Crippen molar-refractivity contribution in [3.8, 4) is 0 Å². The molecule has 0 saturated heterocycles. The molecule has 0 unspecified atom stereocenters. The number of carbonyl (C=O) groups is 1. The fourth-order valence-corrected chi connectivity index (χ4v) is 0.581. The van der Waals surface area contributed by atoms with Crippen LogP contribution in [0.2, 0.25) is 0 Å². The average molecular weight is 254 g/mol. The molecule has 0 heterocycles. The van der Waals surface area contributed by atoms with Crippen molar-refractivity contribution < 1.29 is 63.3 Å². The zero-order valence-corrected chi connectivity index (χ0v) is 9.53. The maximum Gasteiger partial charge on any atom is 1.00 e. The van der Waals surface area contributed by atoms with Crippen LogP contribution in [0, 0.1) is 0 Å². The van der Waals surface area contributed by atoms with Crippen molar-refractivity contribution in [2.45, 2.75) is 0 Å². The first kappa shape index (κ1) is 14.0. The van der Waals surface area contributed by atoms with Gasteiger partial charge >= 0.3 is 35.5 Å². The van der Waals surface area contributed by atoms with Crippen molar-refractivity contribution >= 4 is 5.97 Å². The third kappa shape index (κ3) is 4.80. The van der Waals surface area contributed by atoms with Crippen LogP contribution in [0.15, 0.2) is 30.3 Å². The molecule has 2 nitrogen and oxygen atoms in total. The number of benzene rings is 1. The molecule has 4 heteroatoms. The van der Waals surface area contributed by atoms with Crippen molar-refractivity contribution in [1.29, 1.82) is 0 Å². The maximum atomic E-state index is 10.2. The summed E-state index contributed by atoms with van der Waals surface area (Å²) in [6.07, 6.45) is 0. The molecule has 0 aliphatic heterocycles. The molecule has 1 N–H and O–H groups in total. The minimum atomic E-state index is -0.879. The van der Waals surface area contributed by atoms with Gasteiger partial charge in [-0.3, -0.25) is 0 Å². The van der Waals surface area contributed by atoms with Crippen LogP contribution < -0.4 is 29.6 Å². The summed E-state index contributed by atoms with van der Waals surface area (Å²) in [5.41, 5.74) is 0.331. The number of hydrogen-bond donors (Lipinski definition) is 1. The fourth-order valence-electron chi connectivity index (χ4n) is 0.581. The SMILES string of the molecule is O=C(O)c1ccccc1.[Ag].[H-].[Na+]. The Hall–Kier alpha value is 0.430. The minimum Gasteiger partial charge on any atom is -1.00 e. The second-order valence-corrected chi connectivity index (χ2v) is 1.67. The molecule has 0 aliphatic rings. The molecule has 1 radical (unpaired) electrons. The molecule has 0 bridgehead atoms. The van der Waals surface area contributed by atoms with E-state index in [4.69, 9.17) is 5.11 Å². The molecule has 11 heavy (non-hydrogen) atoms. The molecule has 0 aliphatic carbocycles. The molecule has 0 amide bonds. The monoisotopic (exact) mass is 253 g/mol. The molecular formula is C7H7AgNaO2. The predicted octanol–water partition coefficient (Wildman–Crippen LogP) is -1.50. The Kier molecular flexibility index (Phi) is 9.02. The van der Waals surface area contributed by atoms with Gasteiger partial charge in [-0.25, -0.2) is 4.79 Å². The minimum absolute atomic E-state index is 0. The van der Waals surface area contributed by atoms with E-state index < -0.39 is 5.97 Å². The van der Waals surface area contributed by atoms with Crippen LogP contribution in [-0.2, 0) is 22.4 Å². The van der Waals surface area contributed by atoms with Gasteiger partial charge in [-0.15, -0.1) is 0 Å². The van der Waals surface area contributed by atoms with E-state index in [1.807, 2.05) is 0 Å². The van der Waals surface area contributed by atoms with Gasteiger partial charge in [0.05, 0.1) is 5.56 Å². The molecule has 59 valence electrons. The molecule has 1 rings (SSSR count).